The maximum absolute atomic E-state index is 10.6. The lowest BCUT2D eigenvalue weighted by Crippen LogP contribution is -2.27. The molecule has 0 amide bonds. The molecule has 0 aromatic carbocycles. The minimum Gasteiger partial charge on any atom is -0.324 e. The molecular weight excluding hydrogens is 140 g/mol. The number of rotatable bonds is 1. The molecule has 1 fully saturated rings. The van der Waals surface area contributed by atoms with Gasteiger partial charge in [0.1, 0.15) is 11.0 Å². The van der Waals surface area contributed by atoms with Gasteiger partial charge in [-0.1, -0.05) is 0 Å². The van der Waals surface area contributed by atoms with Gasteiger partial charge in [0.15, 0.2) is 0 Å². The van der Waals surface area contributed by atoms with Crippen molar-refractivity contribution in [1.29, 1.82) is 0 Å². The molecule has 0 aromatic rings. The van der Waals surface area contributed by atoms with Crippen molar-refractivity contribution in [3.63, 3.8) is 0 Å². The number of hydrogen-bond donors (Lipinski definition) is 1. The Morgan fingerprint density at radius 2 is 2.56 bits per heavy atom. The highest BCUT2D eigenvalue weighted by Crippen LogP contribution is 2.04. The predicted octanol–water partition coefficient (Wildman–Crippen LogP) is -1.15. The normalized spacial score (nSPS) is 32.9. The summed E-state index contributed by atoms with van der Waals surface area (Å²) >= 11 is 0. The monoisotopic (exact) mass is 150 g/mol. The number of hydroxylamine groups is 1. The maximum atomic E-state index is 10.6. The van der Waals surface area contributed by atoms with Gasteiger partial charge in [0.2, 0.25) is 0 Å². The standard InChI is InChI=1S/C4H10N2O2S/c1-9(7)6-2-4(5)3-8-6/h4H,2-3,5H2,1H3. The van der Waals surface area contributed by atoms with Crippen molar-refractivity contribution in [2.24, 2.45) is 5.73 Å². The topological polar surface area (TPSA) is 55.6 Å². The van der Waals surface area contributed by atoms with Gasteiger partial charge in [-0.15, -0.1) is 4.47 Å². The van der Waals surface area contributed by atoms with Crippen LogP contribution in [0, 0.1) is 0 Å². The Labute approximate surface area is 56.5 Å². The van der Waals surface area contributed by atoms with Gasteiger partial charge < -0.3 is 5.73 Å². The number of nitrogens with two attached hydrogens (primary N) is 1. The molecule has 0 saturated carbocycles. The molecule has 1 rings (SSSR count). The average molecular weight is 150 g/mol. The van der Waals surface area contributed by atoms with E-state index in [1.54, 1.807) is 6.26 Å². The van der Waals surface area contributed by atoms with Crippen molar-refractivity contribution in [1.82, 2.24) is 4.47 Å². The van der Waals surface area contributed by atoms with Crippen LogP contribution in [-0.4, -0.2) is 34.1 Å². The van der Waals surface area contributed by atoms with E-state index in [2.05, 4.69) is 0 Å². The quantitative estimate of drug-likeness (QED) is 0.514. The largest absolute Gasteiger partial charge is 0.324 e. The Morgan fingerprint density at radius 3 is 2.78 bits per heavy atom. The van der Waals surface area contributed by atoms with E-state index in [0.717, 1.165) is 0 Å². The average Bonchev–Trinajstić information content (AvgIpc) is 2.14. The molecule has 2 N–H and O–H groups in total. The molecule has 0 radical (unpaired) electrons. The van der Waals surface area contributed by atoms with Crippen LogP contribution in [0.1, 0.15) is 0 Å². The first kappa shape index (κ1) is 7.14. The first-order valence-corrected chi connectivity index (χ1v) is 4.21. The summed E-state index contributed by atoms with van der Waals surface area (Å²) in [5.74, 6) is 0. The van der Waals surface area contributed by atoms with Gasteiger partial charge in [-0.2, -0.15) is 0 Å². The molecule has 1 heterocycles. The molecule has 0 spiro atoms. The molecular formula is C4H10N2O2S. The summed E-state index contributed by atoms with van der Waals surface area (Å²) in [6, 6.07) is 0.0221. The van der Waals surface area contributed by atoms with Crippen molar-refractivity contribution in [2.45, 2.75) is 6.04 Å². The smallest absolute Gasteiger partial charge is 0.115 e. The fourth-order valence-corrected chi connectivity index (χ4v) is 1.27. The SMILES string of the molecule is CS(=O)N1CC(N)CO1. The number of hydrogen-bond acceptors (Lipinski definition) is 3. The van der Waals surface area contributed by atoms with Crippen molar-refractivity contribution in [3.05, 3.63) is 0 Å². The highest BCUT2D eigenvalue weighted by Gasteiger charge is 2.22. The van der Waals surface area contributed by atoms with Crippen LogP contribution in [0.4, 0.5) is 0 Å². The van der Waals surface area contributed by atoms with Crippen LogP contribution in [0.5, 0.6) is 0 Å². The molecule has 9 heavy (non-hydrogen) atoms. The fraction of sp³-hybridized carbons (Fsp3) is 1.00. The second-order valence-electron chi connectivity index (χ2n) is 1.99. The van der Waals surface area contributed by atoms with E-state index in [9.17, 15) is 4.21 Å². The summed E-state index contributed by atoms with van der Waals surface area (Å²) in [6.07, 6.45) is 1.57. The molecule has 0 bridgehead atoms. The van der Waals surface area contributed by atoms with Crippen LogP contribution in [0.15, 0.2) is 0 Å². The lowest BCUT2D eigenvalue weighted by Gasteiger charge is -2.06. The van der Waals surface area contributed by atoms with E-state index in [1.165, 1.54) is 4.47 Å². The fourth-order valence-electron chi connectivity index (χ4n) is 0.655. The van der Waals surface area contributed by atoms with E-state index in [-0.39, 0.29) is 6.04 Å². The van der Waals surface area contributed by atoms with Gasteiger partial charge in [0.25, 0.3) is 0 Å². The van der Waals surface area contributed by atoms with E-state index in [0.29, 0.717) is 13.2 Å². The first-order chi connectivity index (χ1) is 4.20. The van der Waals surface area contributed by atoms with E-state index in [4.69, 9.17) is 10.6 Å². The summed E-state index contributed by atoms with van der Waals surface area (Å²) in [4.78, 5) is 4.93. The molecule has 1 aliphatic heterocycles. The second kappa shape index (κ2) is 2.74. The Morgan fingerprint density at radius 1 is 1.89 bits per heavy atom. The van der Waals surface area contributed by atoms with Crippen molar-refractivity contribution >= 4 is 11.0 Å². The van der Waals surface area contributed by atoms with Crippen LogP contribution >= 0.6 is 0 Å². The summed E-state index contributed by atoms with van der Waals surface area (Å²) in [5, 5.41) is 0. The molecule has 1 saturated heterocycles. The van der Waals surface area contributed by atoms with Gasteiger partial charge in [-0.3, -0.25) is 4.84 Å². The summed E-state index contributed by atoms with van der Waals surface area (Å²) in [7, 11) is -1.03. The van der Waals surface area contributed by atoms with E-state index >= 15 is 0 Å². The summed E-state index contributed by atoms with van der Waals surface area (Å²) < 4.78 is 12.0. The molecule has 5 heteroatoms. The molecule has 54 valence electrons. The molecule has 2 unspecified atom stereocenters. The minimum absolute atomic E-state index is 0.0221. The lowest BCUT2D eigenvalue weighted by atomic mass is 10.4. The Balaban J connectivity index is 2.39. The van der Waals surface area contributed by atoms with Crippen LogP contribution in [-0.2, 0) is 15.8 Å². The number of nitrogens with zero attached hydrogens (tertiary/aromatic N) is 1. The highest BCUT2D eigenvalue weighted by molar-refractivity contribution is 7.81. The summed E-state index contributed by atoms with van der Waals surface area (Å²) in [5.41, 5.74) is 5.46. The first-order valence-electron chi connectivity index (χ1n) is 2.69. The van der Waals surface area contributed by atoms with Crippen LogP contribution in [0.3, 0.4) is 0 Å². The van der Waals surface area contributed by atoms with Gasteiger partial charge in [-0.25, -0.2) is 4.21 Å². The third kappa shape index (κ3) is 1.72. The minimum atomic E-state index is -1.03. The van der Waals surface area contributed by atoms with E-state index in [1.807, 2.05) is 0 Å². The lowest BCUT2D eigenvalue weighted by molar-refractivity contribution is -0.0230. The van der Waals surface area contributed by atoms with Crippen molar-refractivity contribution in [2.75, 3.05) is 19.4 Å². The highest BCUT2D eigenvalue weighted by atomic mass is 32.2. The molecule has 1 aliphatic rings. The Bertz CT molecular complexity index is 130. The predicted molar refractivity (Wildman–Crippen MR) is 34.7 cm³/mol. The third-order valence-electron chi connectivity index (χ3n) is 1.10. The van der Waals surface area contributed by atoms with Crippen LogP contribution in [0.25, 0.3) is 0 Å². The molecule has 0 aliphatic carbocycles. The second-order valence-corrected chi connectivity index (χ2v) is 3.25. The van der Waals surface area contributed by atoms with Gasteiger partial charge in [0.05, 0.1) is 13.2 Å². The van der Waals surface area contributed by atoms with E-state index < -0.39 is 11.0 Å². The maximum Gasteiger partial charge on any atom is 0.115 e. The van der Waals surface area contributed by atoms with Gasteiger partial charge >= 0.3 is 0 Å². The third-order valence-corrected chi connectivity index (χ3v) is 1.93. The Hall–Kier alpha value is 0.0300. The van der Waals surface area contributed by atoms with Crippen molar-refractivity contribution in [3.8, 4) is 0 Å². The van der Waals surface area contributed by atoms with Crippen molar-refractivity contribution < 1.29 is 9.05 Å². The van der Waals surface area contributed by atoms with Gasteiger partial charge in [-0.05, 0) is 0 Å². The van der Waals surface area contributed by atoms with Gasteiger partial charge in [0, 0.05) is 12.3 Å². The zero-order valence-electron chi connectivity index (χ0n) is 5.24. The van der Waals surface area contributed by atoms with Crippen LogP contribution in [0.2, 0.25) is 0 Å². The van der Waals surface area contributed by atoms with Crippen LogP contribution < -0.4 is 5.73 Å². The zero-order valence-corrected chi connectivity index (χ0v) is 6.06. The summed E-state index contributed by atoms with van der Waals surface area (Å²) in [6.45, 7) is 1.06. The molecule has 0 aromatic heterocycles. The Kier molecular flexibility index (Phi) is 2.18. The molecule has 4 nitrogen and oxygen atoms in total. The zero-order chi connectivity index (χ0) is 6.85. The molecule has 2 atom stereocenters.